The molecule has 1 aromatic carbocycles. The number of aliphatic hydroxyl groups is 1. The third-order valence-corrected chi connectivity index (χ3v) is 5.17. The summed E-state index contributed by atoms with van der Waals surface area (Å²) >= 11 is 0. The predicted molar refractivity (Wildman–Crippen MR) is 98.5 cm³/mol. The zero-order valence-electron chi connectivity index (χ0n) is 15.9. The third-order valence-electron chi connectivity index (χ3n) is 5.17. The Balaban J connectivity index is 1.97. The van der Waals surface area contributed by atoms with Crippen LogP contribution in [0.15, 0.2) is 30.3 Å². The Hall–Kier alpha value is -1.88. The maximum absolute atomic E-state index is 12.7. The van der Waals surface area contributed by atoms with Crippen molar-refractivity contribution >= 4 is 11.9 Å². The number of rotatable bonds is 7. The van der Waals surface area contributed by atoms with E-state index in [0.29, 0.717) is 32.1 Å². The van der Waals surface area contributed by atoms with E-state index in [9.17, 15) is 14.7 Å². The molecule has 1 aliphatic rings. The maximum atomic E-state index is 12.7. The summed E-state index contributed by atoms with van der Waals surface area (Å²) in [5, 5.41) is 9.93. The quantitative estimate of drug-likeness (QED) is 0.751. The van der Waals surface area contributed by atoms with Gasteiger partial charge in [0.1, 0.15) is 12.2 Å². The van der Waals surface area contributed by atoms with E-state index in [-0.39, 0.29) is 30.1 Å². The average Bonchev–Trinajstić information content (AvgIpc) is 2.76. The molecule has 5 atom stereocenters. The molecular formula is C21H30O5. The topological polar surface area (TPSA) is 72.8 Å². The molecule has 1 fully saturated rings. The highest BCUT2D eigenvalue weighted by Gasteiger charge is 2.33. The van der Waals surface area contributed by atoms with Crippen molar-refractivity contribution in [1.29, 1.82) is 0 Å². The molecular weight excluding hydrogens is 332 g/mol. The third kappa shape index (κ3) is 5.31. The fourth-order valence-corrected chi connectivity index (χ4v) is 3.32. The number of hydrogen-bond donors (Lipinski definition) is 1. The number of benzene rings is 1. The van der Waals surface area contributed by atoms with Gasteiger partial charge in [-0.05, 0) is 38.2 Å². The number of carbonyl (C=O) groups is 2. The van der Waals surface area contributed by atoms with Gasteiger partial charge < -0.3 is 14.6 Å². The van der Waals surface area contributed by atoms with Gasteiger partial charge in [-0.25, -0.2) is 0 Å². The van der Waals surface area contributed by atoms with E-state index in [1.165, 1.54) is 0 Å². The van der Waals surface area contributed by atoms with Crippen molar-refractivity contribution in [3.05, 3.63) is 35.9 Å². The SMILES string of the molecule is CC[C@H](C[C@@H]1CC[C@H](O)[C@@H](C)C(=O)O1)OC(=O)[C@@H](CC)c1ccccc1. The molecule has 1 aliphatic heterocycles. The Morgan fingerprint density at radius 2 is 1.92 bits per heavy atom. The molecule has 1 aromatic rings. The van der Waals surface area contributed by atoms with Crippen LogP contribution in [0, 0.1) is 5.92 Å². The fraction of sp³-hybridized carbons (Fsp3) is 0.619. The molecule has 1 saturated heterocycles. The minimum Gasteiger partial charge on any atom is -0.462 e. The zero-order chi connectivity index (χ0) is 19.1. The summed E-state index contributed by atoms with van der Waals surface area (Å²) < 4.78 is 11.2. The van der Waals surface area contributed by atoms with E-state index in [2.05, 4.69) is 0 Å². The van der Waals surface area contributed by atoms with Gasteiger partial charge in [-0.2, -0.15) is 0 Å². The van der Waals surface area contributed by atoms with Crippen LogP contribution >= 0.6 is 0 Å². The summed E-state index contributed by atoms with van der Waals surface area (Å²) in [5.41, 5.74) is 0.952. The summed E-state index contributed by atoms with van der Waals surface area (Å²) in [6.45, 7) is 5.60. The minimum atomic E-state index is -0.669. The molecule has 0 aromatic heterocycles. The van der Waals surface area contributed by atoms with Gasteiger partial charge in [0.15, 0.2) is 0 Å². The first-order valence-electron chi connectivity index (χ1n) is 9.60. The lowest BCUT2D eigenvalue weighted by molar-refractivity contribution is -0.158. The Kier molecular flexibility index (Phi) is 7.64. The van der Waals surface area contributed by atoms with Crippen molar-refractivity contribution in [2.75, 3.05) is 0 Å². The lowest BCUT2D eigenvalue weighted by atomic mass is 9.96. The Bertz CT molecular complexity index is 585. The Morgan fingerprint density at radius 1 is 1.23 bits per heavy atom. The molecule has 1 heterocycles. The molecule has 144 valence electrons. The highest BCUT2D eigenvalue weighted by Crippen LogP contribution is 2.26. The second-order valence-corrected chi connectivity index (χ2v) is 7.07. The van der Waals surface area contributed by atoms with Crippen molar-refractivity contribution in [2.24, 2.45) is 5.92 Å². The molecule has 0 aliphatic carbocycles. The summed E-state index contributed by atoms with van der Waals surface area (Å²) in [7, 11) is 0. The minimum absolute atomic E-state index is 0.237. The second-order valence-electron chi connectivity index (χ2n) is 7.07. The van der Waals surface area contributed by atoms with Crippen LogP contribution < -0.4 is 0 Å². The molecule has 1 N–H and O–H groups in total. The van der Waals surface area contributed by atoms with E-state index in [1.807, 2.05) is 44.2 Å². The largest absolute Gasteiger partial charge is 0.462 e. The highest BCUT2D eigenvalue weighted by atomic mass is 16.6. The number of carbonyl (C=O) groups excluding carboxylic acids is 2. The molecule has 0 bridgehead atoms. The van der Waals surface area contributed by atoms with E-state index < -0.39 is 12.0 Å². The van der Waals surface area contributed by atoms with Crippen LogP contribution in [0.25, 0.3) is 0 Å². The Morgan fingerprint density at radius 3 is 2.54 bits per heavy atom. The first-order chi connectivity index (χ1) is 12.5. The molecule has 5 nitrogen and oxygen atoms in total. The van der Waals surface area contributed by atoms with Gasteiger partial charge in [0.25, 0.3) is 0 Å². The molecule has 0 saturated carbocycles. The molecule has 0 unspecified atom stereocenters. The number of cyclic esters (lactones) is 1. The van der Waals surface area contributed by atoms with E-state index in [1.54, 1.807) is 6.92 Å². The maximum Gasteiger partial charge on any atom is 0.313 e. The predicted octanol–water partition coefficient (Wildman–Crippen LogP) is 3.59. The normalized spacial score (nSPS) is 25.7. The van der Waals surface area contributed by atoms with Gasteiger partial charge in [-0.3, -0.25) is 9.59 Å². The van der Waals surface area contributed by atoms with Crippen LogP contribution in [0.4, 0.5) is 0 Å². The van der Waals surface area contributed by atoms with E-state index >= 15 is 0 Å². The molecule has 26 heavy (non-hydrogen) atoms. The lowest BCUT2D eigenvalue weighted by Gasteiger charge is -2.24. The summed E-state index contributed by atoms with van der Waals surface area (Å²) in [5.74, 6) is -1.41. The van der Waals surface area contributed by atoms with Crippen molar-refractivity contribution in [3.63, 3.8) is 0 Å². The van der Waals surface area contributed by atoms with Crippen LogP contribution in [0.1, 0.15) is 64.4 Å². The van der Waals surface area contributed by atoms with Crippen LogP contribution in [-0.4, -0.2) is 35.4 Å². The summed E-state index contributed by atoms with van der Waals surface area (Å²) in [4.78, 5) is 24.6. The number of esters is 2. The standard InChI is InChI=1S/C21H30O5/c1-4-16(13-17-11-12-19(22)14(3)20(23)26-17)25-21(24)18(5-2)15-9-7-6-8-10-15/h6-10,14,16-19,22H,4-5,11-13H2,1-3H3/t14-,16-,17+,18+,19+/m1/s1. The van der Waals surface area contributed by atoms with Gasteiger partial charge in [0, 0.05) is 6.42 Å². The van der Waals surface area contributed by atoms with Crippen molar-refractivity contribution in [2.45, 2.75) is 77.1 Å². The monoisotopic (exact) mass is 362 g/mol. The molecule has 0 amide bonds. The van der Waals surface area contributed by atoms with Crippen molar-refractivity contribution in [3.8, 4) is 0 Å². The second kappa shape index (κ2) is 9.72. The molecule has 0 spiro atoms. The van der Waals surface area contributed by atoms with Crippen LogP contribution in [-0.2, 0) is 19.1 Å². The van der Waals surface area contributed by atoms with Crippen molar-refractivity contribution < 1.29 is 24.2 Å². The first-order valence-corrected chi connectivity index (χ1v) is 9.60. The van der Waals surface area contributed by atoms with Crippen LogP contribution in [0.2, 0.25) is 0 Å². The molecule has 2 rings (SSSR count). The van der Waals surface area contributed by atoms with Gasteiger partial charge in [-0.15, -0.1) is 0 Å². The smallest absolute Gasteiger partial charge is 0.313 e. The highest BCUT2D eigenvalue weighted by molar-refractivity contribution is 5.78. The molecule has 0 radical (unpaired) electrons. The first kappa shape index (κ1) is 20.4. The lowest BCUT2D eigenvalue weighted by Crippen LogP contribution is -2.29. The van der Waals surface area contributed by atoms with Crippen LogP contribution in [0.3, 0.4) is 0 Å². The van der Waals surface area contributed by atoms with Gasteiger partial charge in [-0.1, -0.05) is 44.2 Å². The van der Waals surface area contributed by atoms with Crippen molar-refractivity contribution in [1.82, 2.24) is 0 Å². The zero-order valence-corrected chi connectivity index (χ0v) is 15.9. The number of ether oxygens (including phenoxy) is 2. The summed E-state index contributed by atoms with van der Waals surface area (Å²) in [6, 6.07) is 9.63. The van der Waals surface area contributed by atoms with Crippen LogP contribution in [0.5, 0.6) is 0 Å². The van der Waals surface area contributed by atoms with Gasteiger partial charge in [0.05, 0.1) is 17.9 Å². The van der Waals surface area contributed by atoms with E-state index in [0.717, 1.165) is 5.56 Å². The van der Waals surface area contributed by atoms with Gasteiger partial charge >= 0.3 is 11.9 Å². The number of hydrogen-bond acceptors (Lipinski definition) is 5. The van der Waals surface area contributed by atoms with E-state index in [4.69, 9.17) is 9.47 Å². The Labute approximate surface area is 155 Å². The van der Waals surface area contributed by atoms with Gasteiger partial charge in [0.2, 0.25) is 0 Å². The summed E-state index contributed by atoms with van der Waals surface area (Å²) in [6.07, 6.45) is 1.60. The molecule has 5 heteroatoms. The fourth-order valence-electron chi connectivity index (χ4n) is 3.32. The number of aliphatic hydroxyl groups excluding tert-OH is 1. The average molecular weight is 362 g/mol.